The third kappa shape index (κ3) is 3.97. The van der Waals surface area contributed by atoms with Gasteiger partial charge in [-0.05, 0) is 76.0 Å². The summed E-state index contributed by atoms with van der Waals surface area (Å²) in [7, 11) is 8.65. The molecule has 0 radical (unpaired) electrons. The summed E-state index contributed by atoms with van der Waals surface area (Å²) in [6.45, 7) is 0. The van der Waals surface area contributed by atoms with Crippen LogP contribution >= 0.6 is 37.6 Å². The van der Waals surface area contributed by atoms with Crippen molar-refractivity contribution in [2.24, 2.45) is 5.73 Å². The highest BCUT2D eigenvalue weighted by Crippen LogP contribution is 2.31. The first-order valence-electron chi connectivity index (χ1n) is 6.59. The van der Waals surface area contributed by atoms with E-state index in [4.69, 9.17) is 21.2 Å². The fraction of sp³-hybridized carbons (Fsp3) is 0.188. The SMILES string of the molecule is COc1ccc(Br)cc1CCc1c(SCl)cccc1C(N)=O. The normalized spacial score (nSPS) is 10.5. The number of methoxy groups -OCH3 is 1. The van der Waals surface area contributed by atoms with Crippen LogP contribution in [0, 0.1) is 0 Å². The second-order valence-corrected chi connectivity index (χ2v) is 6.65. The van der Waals surface area contributed by atoms with Crippen molar-refractivity contribution in [1.82, 2.24) is 0 Å². The summed E-state index contributed by atoms with van der Waals surface area (Å²) in [5.41, 5.74) is 7.91. The van der Waals surface area contributed by atoms with Crippen LogP contribution in [0.5, 0.6) is 5.75 Å². The van der Waals surface area contributed by atoms with Crippen molar-refractivity contribution in [2.75, 3.05) is 7.11 Å². The van der Waals surface area contributed by atoms with Crippen LogP contribution in [0.3, 0.4) is 0 Å². The Bertz CT molecular complexity index is 694. The predicted octanol–water partition coefficient (Wildman–Crippen LogP) is 4.59. The molecule has 2 aromatic carbocycles. The van der Waals surface area contributed by atoms with Gasteiger partial charge in [-0.15, -0.1) is 0 Å². The van der Waals surface area contributed by atoms with Gasteiger partial charge in [-0.1, -0.05) is 22.0 Å². The Morgan fingerprint density at radius 2 is 2.09 bits per heavy atom. The number of benzene rings is 2. The van der Waals surface area contributed by atoms with E-state index >= 15 is 0 Å². The molecular weight excluding hydrogens is 386 g/mol. The van der Waals surface area contributed by atoms with Gasteiger partial charge in [0, 0.05) is 14.9 Å². The van der Waals surface area contributed by atoms with E-state index in [1.165, 1.54) is 0 Å². The summed E-state index contributed by atoms with van der Waals surface area (Å²) in [5.74, 6) is 0.378. The summed E-state index contributed by atoms with van der Waals surface area (Å²) in [6, 6.07) is 11.3. The number of carbonyl (C=O) groups excluding carboxylic acids is 1. The molecule has 116 valence electrons. The average Bonchev–Trinajstić information content (AvgIpc) is 2.52. The molecule has 0 spiro atoms. The Morgan fingerprint density at radius 3 is 2.73 bits per heavy atom. The Morgan fingerprint density at radius 1 is 1.32 bits per heavy atom. The number of rotatable bonds is 6. The van der Waals surface area contributed by atoms with Crippen LogP contribution < -0.4 is 10.5 Å². The Labute approximate surface area is 146 Å². The summed E-state index contributed by atoms with van der Waals surface area (Å²) in [6.07, 6.45) is 1.37. The number of primary amides is 1. The maximum Gasteiger partial charge on any atom is 0.249 e. The molecule has 0 aliphatic heterocycles. The minimum Gasteiger partial charge on any atom is -0.496 e. The molecule has 2 aromatic rings. The van der Waals surface area contributed by atoms with Gasteiger partial charge in [-0.2, -0.15) is 0 Å². The molecule has 3 nitrogen and oxygen atoms in total. The first-order valence-corrected chi connectivity index (χ1v) is 9.03. The molecule has 2 N–H and O–H groups in total. The fourth-order valence-electron chi connectivity index (χ4n) is 2.33. The van der Waals surface area contributed by atoms with Crippen molar-refractivity contribution >= 4 is 43.5 Å². The summed E-state index contributed by atoms with van der Waals surface area (Å²) in [5, 5.41) is 0. The highest BCUT2D eigenvalue weighted by atomic mass is 79.9. The smallest absolute Gasteiger partial charge is 0.249 e. The van der Waals surface area contributed by atoms with Gasteiger partial charge in [0.2, 0.25) is 5.91 Å². The molecule has 0 aliphatic carbocycles. The number of carbonyl (C=O) groups is 1. The van der Waals surface area contributed by atoms with E-state index < -0.39 is 5.91 Å². The zero-order chi connectivity index (χ0) is 16.1. The molecule has 0 bridgehead atoms. The van der Waals surface area contributed by atoms with Crippen molar-refractivity contribution in [3.8, 4) is 5.75 Å². The molecule has 0 saturated carbocycles. The molecule has 1 amide bonds. The molecule has 0 atom stereocenters. The summed E-state index contributed by atoms with van der Waals surface area (Å²) >= 11 is 3.46. The number of hydrogen-bond acceptors (Lipinski definition) is 3. The van der Waals surface area contributed by atoms with Crippen LogP contribution in [0.15, 0.2) is 45.8 Å². The van der Waals surface area contributed by atoms with Gasteiger partial charge >= 0.3 is 0 Å². The second-order valence-electron chi connectivity index (χ2n) is 4.68. The van der Waals surface area contributed by atoms with Gasteiger partial charge in [0.05, 0.1) is 7.11 Å². The van der Waals surface area contributed by atoms with Gasteiger partial charge in [0.1, 0.15) is 5.75 Å². The van der Waals surface area contributed by atoms with E-state index in [0.717, 1.165) is 43.6 Å². The van der Waals surface area contributed by atoms with Crippen LogP contribution in [0.1, 0.15) is 21.5 Å². The molecule has 2 rings (SSSR count). The number of amides is 1. The van der Waals surface area contributed by atoms with Gasteiger partial charge in [-0.25, -0.2) is 0 Å². The van der Waals surface area contributed by atoms with Crippen molar-refractivity contribution in [2.45, 2.75) is 17.7 Å². The lowest BCUT2D eigenvalue weighted by molar-refractivity contribution is 0.0999. The van der Waals surface area contributed by atoms with Crippen LogP contribution in [0.2, 0.25) is 0 Å². The number of hydrogen-bond donors (Lipinski definition) is 1. The molecule has 0 unspecified atom stereocenters. The topological polar surface area (TPSA) is 52.3 Å². The summed E-state index contributed by atoms with van der Waals surface area (Å²) < 4.78 is 6.36. The van der Waals surface area contributed by atoms with E-state index in [-0.39, 0.29) is 0 Å². The number of ether oxygens (including phenoxy) is 1. The lowest BCUT2D eigenvalue weighted by Crippen LogP contribution is -2.14. The highest BCUT2D eigenvalue weighted by molar-refractivity contribution is 9.10. The third-order valence-electron chi connectivity index (χ3n) is 3.37. The van der Waals surface area contributed by atoms with E-state index in [9.17, 15) is 4.79 Å². The Balaban J connectivity index is 2.32. The predicted molar refractivity (Wildman–Crippen MR) is 94.8 cm³/mol. The monoisotopic (exact) mass is 399 g/mol. The van der Waals surface area contributed by atoms with Crippen LogP contribution in [0.4, 0.5) is 0 Å². The van der Waals surface area contributed by atoms with Crippen molar-refractivity contribution in [3.05, 3.63) is 57.6 Å². The summed E-state index contributed by atoms with van der Waals surface area (Å²) in [4.78, 5) is 12.5. The fourth-order valence-corrected chi connectivity index (χ4v) is 3.61. The molecule has 0 aromatic heterocycles. The van der Waals surface area contributed by atoms with Crippen LogP contribution in [-0.2, 0) is 12.8 Å². The lowest BCUT2D eigenvalue weighted by Gasteiger charge is -2.13. The van der Waals surface area contributed by atoms with E-state index in [0.29, 0.717) is 12.0 Å². The number of nitrogens with two attached hydrogens (primary N) is 1. The molecule has 6 heteroatoms. The molecule has 0 heterocycles. The number of aryl methyl sites for hydroxylation is 1. The van der Waals surface area contributed by atoms with Crippen molar-refractivity contribution < 1.29 is 9.53 Å². The standard InChI is InChI=1S/C16H15BrClNO2S/c1-21-14-8-6-11(17)9-10(14)5-7-12-13(16(19)20)3-2-4-15(12)22-18/h2-4,6,8-9H,5,7H2,1H3,(H2,19,20). The van der Waals surface area contributed by atoms with Crippen molar-refractivity contribution in [3.63, 3.8) is 0 Å². The zero-order valence-electron chi connectivity index (χ0n) is 11.9. The van der Waals surface area contributed by atoms with E-state index in [1.807, 2.05) is 24.3 Å². The highest BCUT2D eigenvalue weighted by Gasteiger charge is 2.14. The lowest BCUT2D eigenvalue weighted by atomic mass is 9.99. The van der Waals surface area contributed by atoms with Gasteiger partial charge in [0.25, 0.3) is 0 Å². The quantitative estimate of drug-likeness (QED) is 0.771. The minimum atomic E-state index is -0.441. The van der Waals surface area contributed by atoms with E-state index in [1.54, 1.807) is 19.2 Å². The van der Waals surface area contributed by atoms with Gasteiger partial charge < -0.3 is 10.5 Å². The largest absolute Gasteiger partial charge is 0.496 e. The zero-order valence-corrected chi connectivity index (χ0v) is 15.1. The first-order chi connectivity index (χ1) is 10.6. The van der Waals surface area contributed by atoms with Crippen LogP contribution in [0.25, 0.3) is 0 Å². The Kier molecular flexibility index (Phi) is 6.17. The molecular formula is C16H15BrClNO2S. The maximum absolute atomic E-state index is 11.6. The van der Waals surface area contributed by atoms with E-state index in [2.05, 4.69) is 15.9 Å². The molecule has 0 aliphatic rings. The second kappa shape index (κ2) is 7.90. The average molecular weight is 401 g/mol. The number of halogens is 2. The first kappa shape index (κ1) is 17.2. The van der Waals surface area contributed by atoms with Crippen LogP contribution in [-0.4, -0.2) is 13.0 Å². The molecule has 0 saturated heterocycles. The molecule has 22 heavy (non-hydrogen) atoms. The third-order valence-corrected chi connectivity index (χ3v) is 4.91. The van der Waals surface area contributed by atoms with Crippen molar-refractivity contribution in [1.29, 1.82) is 0 Å². The van der Waals surface area contributed by atoms with Gasteiger partial charge in [-0.3, -0.25) is 4.79 Å². The van der Waals surface area contributed by atoms with Gasteiger partial charge in [0.15, 0.2) is 0 Å². The maximum atomic E-state index is 11.6. The molecule has 0 fully saturated rings. The Hall–Kier alpha value is -1.17. The minimum absolute atomic E-state index is 0.441.